The Kier molecular flexibility index (Phi) is 5.43. The first-order chi connectivity index (χ1) is 13.8. The van der Waals surface area contributed by atoms with Gasteiger partial charge >= 0.3 is 0 Å². The molecule has 0 N–H and O–H groups in total. The van der Waals surface area contributed by atoms with E-state index < -0.39 is 0 Å². The molecule has 0 atom stereocenters. The smallest absolute Gasteiger partial charge is 0.196 e. The lowest BCUT2D eigenvalue weighted by Crippen LogP contribution is -2.00. The van der Waals surface area contributed by atoms with Crippen molar-refractivity contribution in [2.45, 2.75) is 10.9 Å². The second kappa shape index (κ2) is 8.30. The first-order valence-corrected chi connectivity index (χ1v) is 10.00. The molecule has 0 aliphatic rings. The van der Waals surface area contributed by atoms with Crippen molar-refractivity contribution in [1.82, 2.24) is 14.8 Å². The molecular weight excluding hydrogens is 388 g/mol. The second-order valence-electron chi connectivity index (χ2n) is 6.05. The summed E-state index contributed by atoms with van der Waals surface area (Å²) in [6.45, 7) is 0. The van der Waals surface area contributed by atoms with Gasteiger partial charge < -0.3 is 0 Å². The lowest BCUT2D eigenvalue weighted by molar-refractivity contribution is 0.886. The van der Waals surface area contributed by atoms with Gasteiger partial charge in [0.25, 0.3) is 0 Å². The van der Waals surface area contributed by atoms with Crippen LogP contribution in [-0.4, -0.2) is 14.8 Å². The molecule has 0 fully saturated rings. The van der Waals surface area contributed by atoms with Crippen LogP contribution < -0.4 is 0 Å². The molecule has 0 amide bonds. The van der Waals surface area contributed by atoms with Crippen LogP contribution in [0.5, 0.6) is 0 Å². The van der Waals surface area contributed by atoms with E-state index in [1.54, 1.807) is 11.8 Å². The minimum absolute atomic E-state index is 0.635. The summed E-state index contributed by atoms with van der Waals surface area (Å²) in [6, 6.07) is 27.4. The van der Waals surface area contributed by atoms with Gasteiger partial charge in [0.2, 0.25) is 0 Å². The third-order valence-electron chi connectivity index (χ3n) is 4.21. The molecule has 0 saturated heterocycles. The molecule has 4 nitrogen and oxygen atoms in total. The van der Waals surface area contributed by atoms with Crippen LogP contribution >= 0.6 is 23.4 Å². The summed E-state index contributed by atoms with van der Waals surface area (Å²) >= 11 is 8.01. The van der Waals surface area contributed by atoms with Gasteiger partial charge in [0.1, 0.15) is 0 Å². The summed E-state index contributed by atoms with van der Waals surface area (Å²) < 4.78 is 2.02. The second-order valence-corrected chi connectivity index (χ2v) is 7.40. The fourth-order valence-electron chi connectivity index (χ4n) is 2.81. The van der Waals surface area contributed by atoms with E-state index in [2.05, 4.69) is 16.3 Å². The Morgan fingerprint density at radius 2 is 1.61 bits per heavy atom. The van der Waals surface area contributed by atoms with Gasteiger partial charge in [-0.25, -0.2) is 0 Å². The van der Waals surface area contributed by atoms with Crippen molar-refractivity contribution in [2.75, 3.05) is 0 Å². The highest BCUT2D eigenvalue weighted by Crippen LogP contribution is 2.32. The summed E-state index contributed by atoms with van der Waals surface area (Å²) in [5, 5.41) is 19.2. The Hall–Kier alpha value is -3.07. The summed E-state index contributed by atoms with van der Waals surface area (Å²) in [5.74, 6) is 1.43. The molecule has 0 aliphatic heterocycles. The summed E-state index contributed by atoms with van der Waals surface area (Å²) in [6.07, 6.45) is 0. The van der Waals surface area contributed by atoms with Crippen molar-refractivity contribution < 1.29 is 0 Å². The fraction of sp³-hybridized carbons (Fsp3) is 0.0455. The SMILES string of the molecule is N#Cc1ccc(CSc2nnc(-c3ccccc3Cl)n2-c2ccccc2)cc1. The Labute approximate surface area is 172 Å². The highest BCUT2D eigenvalue weighted by molar-refractivity contribution is 7.98. The zero-order valence-electron chi connectivity index (χ0n) is 14.8. The number of nitrogens with zero attached hydrogens (tertiary/aromatic N) is 4. The number of para-hydroxylation sites is 1. The van der Waals surface area contributed by atoms with E-state index in [-0.39, 0.29) is 0 Å². The Balaban J connectivity index is 1.71. The molecule has 4 rings (SSSR count). The van der Waals surface area contributed by atoms with Crippen LogP contribution in [0.2, 0.25) is 5.02 Å². The Morgan fingerprint density at radius 3 is 2.32 bits per heavy atom. The maximum absolute atomic E-state index is 8.94. The molecular formula is C22H15ClN4S. The highest BCUT2D eigenvalue weighted by atomic mass is 35.5. The third-order valence-corrected chi connectivity index (χ3v) is 5.54. The van der Waals surface area contributed by atoms with Crippen LogP contribution in [0.4, 0.5) is 0 Å². The number of nitriles is 1. The quantitative estimate of drug-likeness (QED) is 0.399. The maximum Gasteiger partial charge on any atom is 0.196 e. The van der Waals surface area contributed by atoms with E-state index in [4.69, 9.17) is 16.9 Å². The molecule has 1 aromatic heterocycles. The van der Waals surface area contributed by atoms with Gasteiger partial charge in [-0.2, -0.15) is 5.26 Å². The summed E-state index contributed by atoms with van der Waals surface area (Å²) in [5.41, 5.74) is 3.59. The van der Waals surface area contributed by atoms with Crippen LogP contribution in [0.3, 0.4) is 0 Å². The highest BCUT2D eigenvalue weighted by Gasteiger charge is 2.17. The molecule has 28 heavy (non-hydrogen) atoms. The van der Waals surface area contributed by atoms with Gasteiger partial charge in [-0.3, -0.25) is 4.57 Å². The zero-order valence-corrected chi connectivity index (χ0v) is 16.4. The predicted octanol–water partition coefficient (Wildman–Crippen LogP) is 5.75. The molecule has 0 spiro atoms. The van der Waals surface area contributed by atoms with E-state index in [9.17, 15) is 0 Å². The number of aromatic nitrogens is 3. The summed E-state index contributed by atoms with van der Waals surface area (Å²) in [4.78, 5) is 0. The van der Waals surface area contributed by atoms with Crippen molar-refractivity contribution >= 4 is 23.4 Å². The fourth-order valence-corrected chi connectivity index (χ4v) is 3.94. The van der Waals surface area contributed by atoms with Crippen LogP contribution in [0, 0.1) is 11.3 Å². The summed E-state index contributed by atoms with van der Waals surface area (Å²) in [7, 11) is 0. The van der Waals surface area contributed by atoms with Gasteiger partial charge in [0.15, 0.2) is 11.0 Å². The number of hydrogen-bond donors (Lipinski definition) is 0. The van der Waals surface area contributed by atoms with Gasteiger partial charge in [-0.1, -0.05) is 65.8 Å². The monoisotopic (exact) mass is 402 g/mol. The van der Waals surface area contributed by atoms with E-state index in [0.717, 1.165) is 27.7 Å². The van der Waals surface area contributed by atoms with E-state index in [1.165, 1.54) is 0 Å². The first-order valence-electron chi connectivity index (χ1n) is 8.64. The van der Waals surface area contributed by atoms with Crippen LogP contribution in [-0.2, 0) is 5.75 Å². The van der Waals surface area contributed by atoms with Crippen molar-refractivity contribution in [2.24, 2.45) is 0 Å². The molecule has 3 aromatic carbocycles. The first kappa shape index (κ1) is 18.3. The minimum atomic E-state index is 0.635. The largest absolute Gasteiger partial charge is 0.270 e. The number of thioether (sulfide) groups is 1. The van der Waals surface area contributed by atoms with Gasteiger partial charge in [-0.05, 0) is 42.0 Å². The molecule has 0 unspecified atom stereocenters. The molecule has 0 saturated carbocycles. The Bertz CT molecular complexity index is 1130. The molecule has 0 aliphatic carbocycles. The minimum Gasteiger partial charge on any atom is -0.270 e. The topological polar surface area (TPSA) is 54.5 Å². The van der Waals surface area contributed by atoms with E-state index in [0.29, 0.717) is 16.4 Å². The lowest BCUT2D eigenvalue weighted by atomic mass is 10.2. The predicted molar refractivity (Wildman–Crippen MR) is 113 cm³/mol. The van der Waals surface area contributed by atoms with Crippen molar-refractivity contribution in [3.8, 4) is 23.1 Å². The molecule has 6 heteroatoms. The molecule has 4 aromatic rings. The van der Waals surface area contributed by atoms with Crippen molar-refractivity contribution in [3.63, 3.8) is 0 Å². The average Bonchev–Trinajstić information content (AvgIpc) is 3.17. The number of rotatable bonds is 5. The van der Waals surface area contributed by atoms with E-state index in [1.807, 2.05) is 83.4 Å². The van der Waals surface area contributed by atoms with Gasteiger partial charge in [-0.15, -0.1) is 10.2 Å². The number of benzene rings is 3. The van der Waals surface area contributed by atoms with Crippen LogP contribution in [0.15, 0.2) is 84.0 Å². The normalized spacial score (nSPS) is 10.6. The van der Waals surface area contributed by atoms with Crippen LogP contribution in [0.25, 0.3) is 17.1 Å². The van der Waals surface area contributed by atoms with E-state index >= 15 is 0 Å². The number of hydrogen-bond acceptors (Lipinski definition) is 4. The van der Waals surface area contributed by atoms with Gasteiger partial charge in [0.05, 0.1) is 16.7 Å². The third kappa shape index (κ3) is 3.79. The maximum atomic E-state index is 8.94. The molecule has 0 bridgehead atoms. The zero-order chi connectivity index (χ0) is 19.3. The van der Waals surface area contributed by atoms with Gasteiger partial charge in [0, 0.05) is 17.0 Å². The average molecular weight is 403 g/mol. The Morgan fingerprint density at radius 1 is 0.893 bits per heavy atom. The molecule has 1 heterocycles. The number of halogens is 1. The van der Waals surface area contributed by atoms with Crippen LogP contribution in [0.1, 0.15) is 11.1 Å². The lowest BCUT2D eigenvalue weighted by Gasteiger charge is -2.11. The van der Waals surface area contributed by atoms with Crippen molar-refractivity contribution in [1.29, 1.82) is 5.26 Å². The molecule has 0 radical (unpaired) electrons. The standard InChI is InChI=1S/C22H15ClN4S/c23-20-9-5-4-8-19(20)21-25-26-22(27(21)18-6-2-1-3-7-18)28-15-17-12-10-16(14-24)11-13-17/h1-13H,15H2. The van der Waals surface area contributed by atoms with Crippen molar-refractivity contribution in [3.05, 3.63) is 95.0 Å². The molecule has 136 valence electrons.